The summed E-state index contributed by atoms with van der Waals surface area (Å²) in [6.07, 6.45) is 3.96. The highest BCUT2D eigenvalue weighted by Crippen LogP contribution is 2.30. The Balaban J connectivity index is 2.08. The summed E-state index contributed by atoms with van der Waals surface area (Å²) in [5.41, 5.74) is 1.26. The van der Waals surface area contributed by atoms with E-state index in [9.17, 15) is 14.7 Å². The molecule has 104 valence electrons. The van der Waals surface area contributed by atoms with Gasteiger partial charge in [0.1, 0.15) is 6.04 Å². The number of rotatable bonds is 5. The van der Waals surface area contributed by atoms with Gasteiger partial charge in [-0.3, -0.25) is 4.79 Å². The second-order valence-corrected chi connectivity index (χ2v) is 6.22. The van der Waals surface area contributed by atoms with Crippen LogP contribution in [0.3, 0.4) is 0 Å². The van der Waals surface area contributed by atoms with E-state index in [1.54, 1.807) is 0 Å². The number of fused-ring (bicyclic) bond motifs is 1. The molecule has 0 radical (unpaired) electrons. The van der Waals surface area contributed by atoms with Crippen LogP contribution in [-0.2, 0) is 17.6 Å². The summed E-state index contributed by atoms with van der Waals surface area (Å²) in [6.45, 7) is 3.76. The fourth-order valence-electron chi connectivity index (χ4n) is 2.34. The van der Waals surface area contributed by atoms with Gasteiger partial charge in [-0.25, -0.2) is 4.79 Å². The zero-order chi connectivity index (χ0) is 14.0. The third-order valence-corrected chi connectivity index (χ3v) is 4.97. The molecule has 2 rings (SSSR count). The Labute approximate surface area is 116 Å². The van der Waals surface area contributed by atoms with E-state index in [-0.39, 0.29) is 11.8 Å². The third-order valence-electron chi connectivity index (χ3n) is 3.74. The number of nitrogens with one attached hydrogen (secondary N) is 1. The van der Waals surface area contributed by atoms with Gasteiger partial charge in [-0.05, 0) is 36.8 Å². The third kappa shape index (κ3) is 2.97. The average Bonchev–Trinajstić information content (AvgIpc) is 2.94. The molecule has 1 aliphatic carbocycles. The van der Waals surface area contributed by atoms with Crippen molar-refractivity contribution < 1.29 is 14.7 Å². The molecule has 0 unspecified atom stereocenters. The minimum atomic E-state index is -0.966. The number of hydrogen-bond donors (Lipinski definition) is 2. The first-order valence-electron chi connectivity index (χ1n) is 6.68. The van der Waals surface area contributed by atoms with Crippen LogP contribution in [0, 0.1) is 5.92 Å². The second-order valence-electron chi connectivity index (χ2n) is 5.09. The van der Waals surface area contributed by atoms with Gasteiger partial charge in [0.15, 0.2) is 0 Å². The topological polar surface area (TPSA) is 66.4 Å². The molecule has 1 aliphatic rings. The van der Waals surface area contributed by atoms with Gasteiger partial charge in [0, 0.05) is 4.88 Å². The van der Waals surface area contributed by atoms with Crippen molar-refractivity contribution in [1.29, 1.82) is 0 Å². The number of amides is 1. The maximum Gasteiger partial charge on any atom is 0.326 e. The molecule has 5 heteroatoms. The first-order chi connectivity index (χ1) is 9.02. The molecule has 2 atom stereocenters. The van der Waals surface area contributed by atoms with Gasteiger partial charge >= 0.3 is 5.97 Å². The summed E-state index contributed by atoms with van der Waals surface area (Å²) in [5, 5.41) is 11.8. The highest BCUT2D eigenvalue weighted by atomic mass is 32.1. The van der Waals surface area contributed by atoms with Crippen molar-refractivity contribution >= 4 is 23.2 Å². The van der Waals surface area contributed by atoms with Crippen LogP contribution in [0.5, 0.6) is 0 Å². The highest BCUT2D eigenvalue weighted by molar-refractivity contribution is 7.14. The Morgan fingerprint density at radius 3 is 2.79 bits per heavy atom. The summed E-state index contributed by atoms with van der Waals surface area (Å²) in [7, 11) is 0. The second kappa shape index (κ2) is 5.74. The van der Waals surface area contributed by atoms with E-state index in [0.717, 1.165) is 25.7 Å². The summed E-state index contributed by atoms with van der Waals surface area (Å²) in [5.74, 6) is -1.30. The zero-order valence-corrected chi connectivity index (χ0v) is 12.0. The van der Waals surface area contributed by atoms with Crippen LogP contribution in [-0.4, -0.2) is 23.0 Å². The molecule has 4 nitrogen and oxygen atoms in total. The monoisotopic (exact) mass is 281 g/mol. The maximum absolute atomic E-state index is 12.1. The van der Waals surface area contributed by atoms with Crippen molar-refractivity contribution in [3.05, 3.63) is 21.4 Å². The number of carboxylic acid groups (broad SMARTS) is 1. The minimum Gasteiger partial charge on any atom is -0.480 e. The van der Waals surface area contributed by atoms with Crippen LogP contribution in [0.4, 0.5) is 0 Å². The molecule has 2 N–H and O–H groups in total. The SMILES string of the molecule is CC[C@H](C)[C@H](NC(=O)c1cc2c(s1)CCC2)C(=O)O. The van der Waals surface area contributed by atoms with Gasteiger partial charge in [0.2, 0.25) is 0 Å². The molecule has 0 saturated heterocycles. The first kappa shape index (κ1) is 14.1. The van der Waals surface area contributed by atoms with Crippen LogP contribution in [0.15, 0.2) is 6.07 Å². The van der Waals surface area contributed by atoms with Crippen LogP contribution in [0.2, 0.25) is 0 Å². The number of carbonyl (C=O) groups is 2. The van der Waals surface area contributed by atoms with E-state index < -0.39 is 12.0 Å². The van der Waals surface area contributed by atoms with E-state index in [4.69, 9.17) is 0 Å². The zero-order valence-electron chi connectivity index (χ0n) is 11.2. The van der Waals surface area contributed by atoms with Crippen LogP contribution in [0.25, 0.3) is 0 Å². The molecule has 1 amide bonds. The lowest BCUT2D eigenvalue weighted by Gasteiger charge is -2.19. The standard InChI is InChI=1S/C14H19NO3S/c1-3-8(2)12(14(17)18)15-13(16)11-7-9-5-4-6-10(9)19-11/h7-8,12H,3-6H2,1-2H3,(H,15,16)(H,17,18)/t8-,12-/m0/s1. The fraction of sp³-hybridized carbons (Fsp3) is 0.571. The molecule has 19 heavy (non-hydrogen) atoms. The molecule has 0 spiro atoms. The van der Waals surface area contributed by atoms with Gasteiger partial charge in [-0.2, -0.15) is 0 Å². The molecular formula is C14H19NO3S. The average molecular weight is 281 g/mol. The summed E-state index contributed by atoms with van der Waals surface area (Å²) in [4.78, 5) is 25.2. The molecule has 1 heterocycles. The smallest absolute Gasteiger partial charge is 0.326 e. The Kier molecular flexibility index (Phi) is 4.24. The molecule has 0 aliphatic heterocycles. The summed E-state index contributed by atoms with van der Waals surface area (Å²) < 4.78 is 0. The van der Waals surface area contributed by atoms with Crippen LogP contribution >= 0.6 is 11.3 Å². The normalized spacial score (nSPS) is 16.7. The van der Waals surface area contributed by atoms with E-state index in [2.05, 4.69) is 5.32 Å². The predicted octanol–water partition coefficient (Wildman–Crippen LogP) is 2.47. The molecule has 1 aromatic heterocycles. The lowest BCUT2D eigenvalue weighted by Crippen LogP contribution is -2.44. The number of thiophene rings is 1. The van der Waals surface area contributed by atoms with E-state index in [1.165, 1.54) is 21.8 Å². The van der Waals surface area contributed by atoms with Gasteiger partial charge in [-0.1, -0.05) is 20.3 Å². The highest BCUT2D eigenvalue weighted by Gasteiger charge is 2.27. The van der Waals surface area contributed by atoms with E-state index >= 15 is 0 Å². The molecule has 0 fully saturated rings. The van der Waals surface area contributed by atoms with Crippen LogP contribution < -0.4 is 5.32 Å². The van der Waals surface area contributed by atoms with Crippen molar-refractivity contribution in [2.45, 2.75) is 45.6 Å². The quantitative estimate of drug-likeness (QED) is 0.871. The molecule has 0 aromatic carbocycles. The first-order valence-corrected chi connectivity index (χ1v) is 7.49. The van der Waals surface area contributed by atoms with Crippen molar-refractivity contribution in [2.24, 2.45) is 5.92 Å². The van der Waals surface area contributed by atoms with E-state index in [0.29, 0.717) is 4.88 Å². The number of aryl methyl sites for hydroxylation is 2. The molecule has 1 aromatic rings. The molecular weight excluding hydrogens is 262 g/mol. The fourth-order valence-corrected chi connectivity index (χ4v) is 3.49. The summed E-state index contributed by atoms with van der Waals surface area (Å²) in [6, 6.07) is 1.10. The van der Waals surface area contributed by atoms with Gasteiger partial charge in [0.25, 0.3) is 5.91 Å². The number of carbonyl (C=O) groups excluding carboxylic acids is 1. The van der Waals surface area contributed by atoms with Gasteiger partial charge in [-0.15, -0.1) is 11.3 Å². The van der Waals surface area contributed by atoms with Crippen molar-refractivity contribution in [3.63, 3.8) is 0 Å². The Morgan fingerprint density at radius 2 is 2.21 bits per heavy atom. The predicted molar refractivity (Wildman–Crippen MR) is 74.7 cm³/mol. The molecule has 0 saturated carbocycles. The summed E-state index contributed by atoms with van der Waals surface area (Å²) >= 11 is 1.50. The Hall–Kier alpha value is -1.36. The van der Waals surface area contributed by atoms with Crippen molar-refractivity contribution in [3.8, 4) is 0 Å². The van der Waals surface area contributed by atoms with Gasteiger partial charge in [0.05, 0.1) is 4.88 Å². The lowest BCUT2D eigenvalue weighted by atomic mass is 9.99. The number of aliphatic carboxylic acids is 1. The maximum atomic E-state index is 12.1. The Bertz CT molecular complexity index is 473. The largest absolute Gasteiger partial charge is 0.480 e. The van der Waals surface area contributed by atoms with Crippen LogP contribution in [0.1, 0.15) is 46.8 Å². The number of carboxylic acids is 1. The minimum absolute atomic E-state index is 0.0757. The molecule has 0 bridgehead atoms. The Morgan fingerprint density at radius 1 is 1.47 bits per heavy atom. The lowest BCUT2D eigenvalue weighted by molar-refractivity contribution is -0.140. The van der Waals surface area contributed by atoms with Gasteiger partial charge < -0.3 is 10.4 Å². The van der Waals surface area contributed by atoms with Crippen molar-refractivity contribution in [1.82, 2.24) is 5.32 Å². The number of hydrogen-bond acceptors (Lipinski definition) is 3. The van der Waals surface area contributed by atoms with E-state index in [1.807, 2.05) is 19.9 Å². The van der Waals surface area contributed by atoms with Crippen molar-refractivity contribution in [2.75, 3.05) is 0 Å².